The van der Waals surface area contributed by atoms with Crippen LogP contribution in [0.1, 0.15) is 18.9 Å². The number of hydrogen-bond acceptors (Lipinski definition) is 6. The molecule has 0 fully saturated rings. The van der Waals surface area contributed by atoms with Gasteiger partial charge in [0.05, 0.1) is 31.9 Å². The molecule has 2 rings (SSSR count). The number of carbonyl (C=O) groups is 1. The lowest BCUT2D eigenvalue weighted by Gasteiger charge is -2.21. The van der Waals surface area contributed by atoms with Crippen LogP contribution in [0.2, 0.25) is 0 Å². The number of sulfonamides is 1. The second-order valence-electron chi connectivity index (χ2n) is 6.26. The van der Waals surface area contributed by atoms with E-state index in [2.05, 4.69) is 10.5 Å². The summed E-state index contributed by atoms with van der Waals surface area (Å²) in [5.74, 6) is -0.0780. The van der Waals surface area contributed by atoms with Crippen LogP contribution in [0.5, 0.6) is 11.5 Å². The lowest BCUT2D eigenvalue weighted by molar-refractivity contribution is -0.119. The SMILES string of the molecule is CC/C(=N/NC(=O)CN(c1ccc(F)cc1)S(C)(=O)=O)c1ccc(OC)c(OC)c1. The highest BCUT2D eigenvalue weighted by Crippen LogP contribution is 2.28. The molecule has 0 spiro atoms. The van der Waals surface area contributed by atoms with Gasteiger partial charge in [0, 0.05) is 5.56 Å². The van der Waals surface area contributed by atoms with E-state index < -0.39 is 28.3 Å². The molecule has 0 heterocycles. The molecule has 0 atom stereocenters. The lowest BCUT2D eigenvalue weighted by atomic mass is 10.1. The predicted molar refractivity (Wildman–Crippen MR) is 113 cm³/mol. The Hall–Kier alpha value is -3.14. The average molecular weight is 437 g/mol. The Morgan fingerprint density at radius 3 is 2.27 bits per heavy atom. The van der Waals surface area contributed by atoms with Crippen molar-refractivity contribution < 1.29 is 27.1 Å². The number of halogens is 1. The van der Waals surface area contributed by atoms with Gasteiger partial charge < -0.3 is 9.47 Å². The average Bonchev–Trinajstić information content (AvgIpc) is 2.72. The number of anilines is 1. The standard InChI is InChI=1S/C20H24FN3O5S/c1-5-17(14-6-11-18(28-2)19(12-14)29-3)22-23-20(25)13-24(30(4,26)27)16-9-7-15(21)8-10-16/h6-12H,5,13H2,1-4H3,(H,23,25)/b22-17-. The van der Waals surface area contributed by atoms with Gasteiger partial charge in [-0.25, -0.2) is 18.2 Å². The minimum Gasteiger partial charge on any atom is -0.493 e. The summed E-state index contributed by atoms with van der Waals surface area (Å²) in [7, 11) is -0.723. The van der Waals surface area contributed by atoms with Crippen molar-refractivity contribution in [2.45, 2.75) is 13.3 Å². The summed E-state index contributed by atoms with van der Waals surface area (Å²) in [5, 5.41) is 4.13. The molecule has 162 valence electrons. The second-order valence-corrected chi connectivity index (χ2v) is 8.17. The zero-order valence-electron chi connectivity index (χ0n) is 17.2. The van der Waals surface area contributed by atoms with Crippen molar-refractivity contribution in [3.8, 4) is 11.5 Å². The molecule has 0 saturated heterocycles. The van der Waals surface area contributed by atoms with E-state index in [1.807, 2.05) is 6.92 Å². The first-order chi connectivity index (χ1) is 14.2. The Labute approximate surface area is 175 Å². The van der Waals surface area contributed by atoms with E-state index in [4.69, 9.17) is 9.47 Å². The molecule has 8 nitrogen and oxygen atoms in total. The van der Waals surface area contributed by atoms with Crippen molar-refractivity contribution in [1.29, 1.82) is 0 Å². The maximum Gasteiger partial charge on any atom is 0.260 e. The van der Waals surface area contributed by atoms with Crippen LogP contribution in [0, 0.1) is 5.82 Å². The van der Waals surface area contributed by atoms with Crippen LogP contribution >= 0.6 is 0 Å². The van der Waals surface area contributed by atoms with E-state index in [1.54, 1.807) is 18.2 Å². The number of carbonyl (C=O) groups excluding carboxylic acids is 1. The molecule has 2 aromatic rings. The summed E-state index contributed by atoms with van der Waals surface area (Å²) in [6.45, 7) is 1.36. The smallest absolute Gasteiger partial charge is 0.260 e. The molecule has 0 aliphatic rings. The number of benzene rings is 2. The molecular formula is C20H24FN3O5S. The molecule has 0 saturated carbocycles. The summed E-state index contributed by atoms with van der Waals surface area (Å²) in [5.41, 5.74) is 3.84. The maximum atomic E-state index is 13.1. The number of ether oxygens (including phenoxy) is 2. The van der Waals surface area contributed by atoms with Gasteiger partial charge in [-0.15, -0.1) is 0 Å². The van der Waals surface area contributed by atoms with Gasteiger partial charge in [-0.3, -0.25) is 9.10 Å². The Morgan fingerprint density at radius 1 is 1.10 bits per heavy atom. The summed E-state index contributed by atoms with van der Waals surface area (Å²) in [6, 6.07) is 10.0. The molecule has 0 radical (unpaired) electrons. The summed E-state index contributed by atoms with van der Waals surface area (Å²) in [4.78, 5) is 12.4. The number of hydrogen-bond donors (Lipinski definition) is 1. The van der Waals surface area contributed by atoms with Crippen LogP contribution in [-0.2, 0) is 14.8 Å². The molecule has 0 aliphatic heterocycles. The fourth-order valence-corrected chi connectivity index (χ4v) is 3.52. The van der Waals surface area contributed by atoms with Crippen LogP contribution < -0.4 is 19.2 Å². The van der Waals surface area contributed by atoms with Crippen molar-refractivity contribution in [1.82, 2.24) is 5.43 Å². The molecule has 1 amide bonds. The van der Waals surface area contributed by atoms with Gasteiger partial charge in [-0.05, 0) is 48.9 Å². The zero-order valence-corrected chi connectivity index (χ0v) is 18.0. The van der Waals surface area contributed by atoms with E-state index in [9.17, 15) is 17.6 Å². The molecule has 0 bridgehead atoms. The van der Waals surface area contributed by atoms with Gasteiger partial charge in [0.2, 0.25) is 10.0 Å². The summed E-state index contributed by atoms with van der Waals surface area (Å²) < 4.78 is 48.7. The number of hydrazone groups is 1. The molecular weight excluding hydrogens is 413 g/mol. The molecule has 0 aromatic heterocycles. The normalized spacial score (nSPS) is 11.7. The van der Waals surface area contributed by atoms with Gasteiger partial charge in [0.1, 0.15) is 12.4 Å². The van der Waals surface area contributed by atoms with Crippen LogP contribution in [0.15, 0.2) is 47.6 Å². The first-order valence-electron chi connectivity index (χ1n) is 9.00. The van der Waals surface area contributed by atoms with Crippen LogP contribution in [0.25, 0.3) is 0 Å². The predicted octanol–water partition coefficient (Wildman–Crippen LogP) is 2.54. The van der Waals surface area contributed by atoms with Crippen molar-refractivity contribution in [3.63, 3.8) is 0 Å². The van der Waals surface area contributed by atoms with Crippen LogP contribution in [0.3, 0.4) is 0 Å². The van der Waals surface area contributed by atoms with Gasteiger partial charge >= 0.3 is 0 Å². The van der Waals surface area contributed by atoms with Crippen molar-refractivity contribution >= 4 is 27.3 Å². The van der Waals surface area contributed by atoms with E-state index in [-0.39, 0.29) is 5.69 Å². The van der Waals surface area contributed by atoms with E-state index in [0.29, 0.717) is 29.2 Å². The Kier molecular flexibility index (Phi) is 7.76. The topological polar surface area (TPSA) is 97.3 Å². The lowest BCUT2D eigenvalue weighted by Crippen LogP contribution is -2.39. The zero-order chi connectivity index (χ0) is 22.3. The van der Waals surface area contributed by atoms with Crippen molar-refractivity contribution in [2.24, 2.45) is 5.10 Å². The molecule has 0 unspecified atom stereocenters. The van der Waals surface area contributed by atoms with Crippen molar-refractivity contribution in [3.05, 3.63) is 53.8 Å². The van der Waals surface area contributed by atoms with Crippen LogP contribution in [-0.4, -0.2) is 47.1 Å². The minimum atomic E-state index is -3.77. The van der Waals surface area contributed by atoms with E-state index >= 15 is 0 Å². The van der Waals surface area contributed by atoms with E-state index in [0.717, 1.165) is 22.7 Å². The van der Waals surface area contributed by atoms with Gasteiger partial charge in [-0.2, -0.15) is 5.10 Å². The Balaban J connectivity index is 2.20. The number of rotatable bonds is 9. The Bertz CT molecular complexity index is 1020. The fourth-order valence-electron chi connectivity index (χ4n) is 2.67. The van der Waals surface area contributed by atoms with E-state index in [1.165, 1.54) is 26.4 Å². The molecule has 2 aromatic carbocycles. The van der Waals surface area contributed by atoms with Gasteiger partial charge in [0.25, 0.3) is 5.91 Å². The third-order valence-electron chi connectivity index (χ3n) is 4.17. The largest absolute Gasteiger partial charge is 0.493 e. The van der Waals surface area contributed by atoms with Gasteiger partial charge in [-0.1, -0.05) is 6.92 Å². The monoisotopic (exact) mass is 437 g/mol. The van der Waals surface area contributed by atoms with Crippen molar-refractivity contribution in [2.75, 3.05) is 31.3 Å². The molecule has 0 aliphatic carbocycles. The second kappa shape index (κ2) is 10.1. The van der Waals surface area contributed by atoms with Gasteiger partial charge in [0.15, 0.2) is 11.5 Å². The quantitative estimate of drug-likeness (QED) is 0.480. The molecule has 10 heteroatoms. The number of amides is 1. The number of nitrogens with one attached hydrogen (secondary N) is 1. The van der Waals surface area contributed by atoms with Crippen LogP contribution in [0.4, 0.5) is 10.1 Å². The summed E-state index contributed by atoms with van der Waals surface area (Å²) in [6.07, 6.45) is 1.47. The molecule has 30 heavy (non-hydrogen) atoms. The highest BCUT2D eigenvalue weighted by molar-refractivity contribution is 7.92. The highest BCUT2D eigenvalue weighted by Gasteiger charge is 2.21. The fraction of sp³-hybridized carbons (Fsp3) is 0.300. The third-order valence-corrected chi connectivity index (χ3v) is 5.31. The third kappa shape index (κ3) is 5.93. The number of methoxy groups -OCH3 is 2. The first kappa shape index (κ1) is 23.1. The molecule has 1 N–H and O–H groups in total. The summed E-state index contributed by atoms with van der Waals surface area (Å²) >= 11 is 0. The highest BCUT2D eigenvalue weighted by atomic mass is 32.2. The Morgan fingerprint density at radius 2 is 1.73 bits per heavy atom. The minimum absolute atomic E-state index is 0.175. The maximum absolute atomic E-state index is 13.1. The number of nitrogens with zero attached hydrogens (tertiary/aromatic N) is 2. The first-order valence-corrected chi connectivity index (χ1v) is 10.9.